The molecule has 0 spiro atoms. The van der Waals surface area contributed by atoms with Crippen LogP contribution in [0.3, 0.4) is 0 Å². The second-order valence-corrected chi connectivity index (χ2v) is 11.2. The van der Waals surface area contributed by atoms with Crippen molar-refractivity contribution in [1.29, 1.82) is 0 Å². The number of aromatic nitrogens is 2. The van der Waals surface area contributed by atoms with Gasteiger partial charge in [-0.25, -0.2) is 14.8 Å². The van der Waals surface area contributed by atoms with Gasteiger partial charge in [-0.15, -0.1) is 0 Å². The van der Waals surface area contributed by atoms with E-state index in [2.05, 4.69) is 26.9 Å². The summed E-state index contributed by atoms with van der Waals surface area (Å²) in [7, 11) is 1.62. The molecule has 0 radical (unpaired) electrons. The van der Waals surface area contributed by atoms with E-state index in [4.69, 9.17) is 19.4 Å². The molecule has 3 aromatic rings. The molecule has 0 N–H and O–H groups in total. The van der Waals surface area contributed by atoms with Crippen LogP contribution >= 0.6 is 15.9 Å². The van der Waals surface area contributed by atoms with E-state index in [1.165, 1.54) is 0 Å². The van der Waals surface area contributed by atoms with E-state index in [0.717, 1.165) is 52.8 Å². The molecule has 0 bridgehead atoms. The molecular weight excluding hydrogens is 508 g/mol. The summed E-state index contributed by atoms with van der Waals surface area (Å²) in [5.41, 5.74) is 1.06. The average Bonchev–Trinajstić information content (AvgIpc) is 3.56. The van der Waals surface area contributed by atoms with Crippen LogP contribution in [0.4, 0.5) is 16.3 Å². The van der Waals surface area contributed by atoms with Crippen LogP contribution < -0.4 is 14.5 Å². The average molecular weight is 539 g/mol. The van der Waals surface area contributed by atoms with E-state index in [1.807, 2.05) is 57.2 Å². The van der Waals surface area contributed by atoms with Gasteiger partial charge < -0.3 is 14.4 Å². The third-order valence-electron chi connectivity index (χ3n) is 6.36. The predicted octanol–water partition coefficient (Wildman–Crippen LogP) is 6.30. The highest BCUT2D eigenvalue weighted by molar-refractivity contribution is 9.10. The van der Waals surface area contributed by atoms with E-state index < -0.39 is 5.60 Å². The minimum Gasteiger partial charge on any atom is -0.495 e. The Kier molecular flexibility index (Phi) is 6.34. The highest BCUT2D eigenvalue weighted by Gasteiger charge is 2.37. The number of fused-ring (bicyclic) bond motifs is 1. The second kappa shape index (κ2) is 9.30. The Labute approximate surface area is 214 Å². The molecule has 35 heavy (non-hydrogen) atoms. The molecule has 1 amide bonds. The molecule has 8 heteroatoms. The highest BCUT2D eigenvalue weighted by Crippen LogP contribution is 2.41. The number of methoxy groups -OCH3 is 1. The minimum atomic E-state index is -0.607. The van der Waals surface area contributed by atoms with Crippen molar-refractivity contribution in [2.45, 2.75) is 57.6 Å². The number of carbonyl (C=O) groups is 1. The summed E-state index contributed by atoms with van der Waals surface area (Å²) in [6, 6.07) is 13.7. The van der Waals surface area contributed by atoms with Crippen molar-refractivity contribution in [3.05, 3.63) is 52.8 Å². The molecule has 7 nitrogen and oxygen atoms in total. The maximum absolute atomic E-state index is 13.5. The van der Waals surface area contributed by atoms with Gasteiger partial charge in [-0.05, 0) is 70.4 Å². The van der Waals surface area contributed by atoms with Crippen molar-refractivity contribution >= 4 is 44.4 Å². The van der Waals surface area contributed by atoms with E-state index in [0.29, 0.717) is 23.9 Å². The number of rotatable bonds is 5. The lowest BCUT2D eigenvalue weighted by atomic mass is 10.1. The third-order valence-corrected chi connectivity index (χ3v) is 6.85. The van der Waals surface area contributed by atoms with E-state index in [1.54, 1.807) is 12.0 Å². The fourth-order valence-corrected chi connectivity index (χ4v) is 4.96. The summed E-state index contributed by atoms with van der Waals surface area (Å²) in [5, 5.41) is 1.02. The van der Waals surface area contributed by atoms with Gasteiger partial charge in [-0.2, -0.15) is 0 Å². The lowest BCUT2D eigenvalue weighted by molar-refractivity contribution is 0.0567. The summed E-state index contributed by atoms with van der Waals surface area (Å²) >= 11 is 3.61. The van der Waals surface area contributed by atoms with Crippen molar-refractivity contribution in [2.24, 2.45) is 0 Å². The number of amides is 1. The fourth-order valence-electron chi connectivity index (χ4n) is 4.60. The van der Waals surface area contributed by atoms with Crippen LogP contribution in [0.1, 0.15) is 51.8 Å². The van der Waals surface area contributed by atoms with Crippen molar-refractivity contribution < 1.29 is 14.3 Å². The van der Waals surface area contributed by atoms with E-state index in [9.17, 15) is 4.79 Å². The van der Waals surface area contributed by atoms with Crippen molar-refractivity contribution in [3.63, 3.8) is 0 Å². The molecule has 1 saturated carbocycles. The number of ether oxygens (including phenoxy) is 2. The number of benzene rings is 2. The van der Waals surface area contributed by atoms with Crippen LogP contribution in [0.15, 0.2) is 46.9 Å². The number of halogens is 1. The molecule has 1 saturated heterocycles. The zero-order valence-corrected chi connectivity index (χ0v) is 22.2. The Hall–Kier alpha value is -2.87. The third kappa shape index (κ3) is 5.08. The molecule has 2 fully saturated rings. The maximum Gasteiger partial charge on any atom is 0.415 e. The standard InChI is InChI=1S/C27H31BrN4O3/c1-27(2,3)35-26(33)32(22-7-5-6-8-23(22)34-4)19-13-14-31(16-19)25-20-15-18(28)11-12-21(20)29-24(30-25)17-9-10-17/h5-8,11-12,15,17,19H,9-10,13-14,16H2,1-4H3. The summed E-state index contributed by atoms with van der Waals surface area (Å²) in [6.45, 7) is 7.07. The lowest BCUT2D eigenvalue weighted by Crippen LogP contribution is -2.45. The molecule has 1 aliphatic carbocycles. The van der Waals surface area contributed by atoms with Crippen molar-refractivity contribution in [3.8, 4) is 5.75 Å². The second-order valence-electron chi connectivity index (χ2n) is 10.3. The highest BCUT2D eigenvalue weighted by atomic mass is 79.9. The van der Waals surface area contributed by atoms with Gasteiger partial charge in [0.1, 0.15) is 23.0 Å². The fraction of sp³-hybridized carbons (Fsp3) is 0.444. The monoisotopic (exact) mass is 538 g/mol. The van der Waals surface area contributed by atoms with Gasteiger partial charge in [0.25, 0.3) is 0 Å². The van der Waals surface area contributed by atoms with Gasteiger partial charge >= 0.3 is 6.09 Å². The SMILES string of the molecule is COc1ccccc1N(C(=O)OC(C)(C)C)C1CCN(c2nc(C3CC3)nc3ccc(Br)cc23)C1. The lowest BCUT2D eigenvalue weighted by Gasteiger charge is -2.32. The molecular formula is C27H31BrN4O3. The first kappa shape index (κ1) is 23.9. The van der Waals surface area contributed by atoms with Crippen LogP contribution in [-0.4, -0.2) is 47.9 Å². The van der Waals surface area contributed by atoms with E-state index in [-0.39, 0.29) is 12.1 Å². The molecule has 2 aromatic carbocycles. The van der Waals surface area contributed by atoms with Gasteiger partial charge in [-0.1, -0.05) is 28.1 Å². The Morgan fingerprint density at radius 3 is 2.60 bits per heavy atom. The van der Waals surface area contributed by atoms with Gasteiger partial charge in [0, 0.05) is 28.9 Å². The topological polar surface area (TPSA) is 67.8 Å². The quantitative estimate of drug-likeness (QED) is 0.379. The maximum atomic E-state index is 13.5. The number of carbonyl (C=O) groups excluding carboxylic acids is 1. The summed E-state index contributed by atoms with van der Waals surface area (Å²) in [6.07, 6.45) is 2.70. The smallest absolute Gasteiger partial charge is 0.415 e. The summed E-state index contributed by atoms with van der Waals surface area (Å²) in [4.78, 5) is 27.4. The normalized spacial score (nSPS) is 18.1. The van der Waals surface area contributed by atoms with Gasteiger partial charge in [0.05, 0.1) is 24.4 Å². The largest absolute Gasteiger partial charge is 0.495 e. The molecule has 5 rings (SSSR count). The van der Waals surface area contributed by atoms with Crippen LogP contribution in [0, 0.1) is 0 Å². The summed E-state index contributed by atoms with van der Waals surface area (Å²) < 4.78 is 12.4. The Morgan fingerprint density at radius 1 is 1.11 bits per heavy atom. The predicted molar refractivity (Wildman–Crippen MR) is 142 cm³/mol. The zero-order valence-electron chi connectivity index (χ0n) is 20.6. The zero-order chi connectivity index (χ0) is 24.7. The molecule has 1 aromatic heterocycles. The number of hydrogen-bond acceptors (Lipinski definition) is 6. The Morgan fingerprint density at radius 2 is 1.89 bits per heavy atom. The Bertz CT molecular complexity index is 1250. The number of hydrogen-bond donors (Lipinski definition) is 0. The molecule has 1 unspecified atom stereocenters. The molecule has 2 aliphatic rings. The first-order valence-electron chi connectivity index (χ1n) is 12.1. The van der Waals surface area contributed by atoms with Gasteiger partial charge in [-0.3, -0.25) is 4.90 Å². The van der Waals surface area contributed by atoms with Crippen molar-refractivity contribution in [1.82, 2.24) is 9.97 Å². The number of anilines is 2. The van der Waals surface area contributed by atoms with Crippen LogP contribution in [0.2, 0.25) is 0 Å². The Balaban J connectivity index is 1.51. The van der Waals surface area contributed by atoms with Crippen LogP contribution in [0.5, 0.6) is 5.75 Å². The van der Waals surface area contributed by atoms with Gasteiger partial charge in [0.2, 0.25) is 0 Å². The summed E-state index contributed by atoms with van der Waals surface area (Å²) in [5.74, 6) is 2.95. The van der Waals surface area contributed by atoms with Crippen LogP contribution in [0.25, 0.3) is 10.9 Å². The minimum absolute atomic E-state index is 0.0947. The molecule has 184 valence electrons. The van der Waals surface area contributed by atoms with Crippen LogP contribution in [-0.2, 0) is 4.74 Å². The molecule has 1 atom stereocenters. The molecule has 1 aliphatic heterocycles. The molecule has 2 heterocycles. The van der Waals surface area contributed by atoms with Gasteiger partial charge in [0.15, 0.2) is 0 Å². The first-order valence-corrected chi connectivity index (χ1v) is 12.9. The number of para-hydroxylation sites is 2. The first-order chi connectivity index (χ1) is 16.7. The van der Waals surface area contributed by atoms with Crippen molar-refractivity contribution in [2.75, 3.05) is 30.0 Å². The number of nitrogens with zero attached hydrogens (tertiary/aromatic N) is 4. The van der Waals surface area contributed by atoms with E-state index >= 15 is 0 Å².